The molecular formula is C37H39Br2Cl2IN4O6S2. The molecule has 0 aliphatic heterocycles. The number of aryl methyl sites for hydroxylation is 2. The van der Waals surface area contributed by atoms with Crippen LogP contribution in [0.3, 0.4) is 0 Å². The van der Waals surface area contributed by atoms with E-state index in [1.165, 1.54) is 16.4 Å². The van der Waals surface area contributed by atoms with Crippen molar-refractivity contribution in [3.05, 3.63) is 113 Å². The minimum atomic E-state index is -3.94. The summed E-state index contributed by atoms with van der Waals surface area (Å²) in [6.07, 6.45) is 5.77. The Morgan fingerprint density at radius 3 is 1.61 bits per heavy atom. The predicted molar refractivity (Wildman–Crippen MR) is 233 cm³/mol. The maximum Gasteiger partial charge on any atom is 0.270 e. The molecule has 0 amide bonds. The number of nitrogens with zero attached hydrogens (tertiary/aromatic N) is 4. The van der Waals surface area contributed by atoms with Crippen molar-refractivity contribution in [3.8, 4) is 0 Å². The molecule has 0 fully saturated rings. The molecule has 54 heavy (non-hydrogen) atoms. The number of halogens is 5. The summed E-state index contributed by atoms with van der Waals surface area (Å²) in [6.45, 7) is 7.70. The normalized spacial score (nSPS) is 12.0. The summed E-state index contributed by atoms with van der Waals surface area (Å²) < 4.78 is 56.4. The molecular weight excluding hydrogens is 1020 g/mol. The fourth-order valence-corrected chi connectivity index (χ4v) is 10.2. The van der Waals surface area contributed by atoms with Gasteiger partial charge in [-0.25, -0.2) is 34.7 Å². The fraction of sp³-hybridized carbons (Fsp3) is 0.270. The van der Waals surface area contributed by atoms with Gasteiger partial charge in [0.25, 0.3) is 20.0 Å². The summed E-state index contributed by atoms with van der Waals surface area (Å²) in [5.41, 5.74) is 2.73. The van der Waals surface area contributed by atoms with Gasteiger partial charge < -0.3 is 9.90 Å². The lowest BCUT2D eigenvalue weighted by molar-refractivity contribution is -0.107. The molecule has 290 valence electrons. The second kappa shape index (κ2) is 19.7. The molecule has 4 aromatic heterocycles. The third kappa shape index (κ3) is 9.94. The third-order valence-corrected chi connectivity index (χ3v) is 14.8. The van der Waals surface area contributed by atoms with Crippen molar-refractivity contribution in [3.63, 3.8) is 0 Å². The van der Waals surface area contributed by atoms with E-state index in [-0.39, 0.29) is 28.6 Å². The fourth-order valence-electron chi connectivity index (χ4n) is 5.01. The van der Waals surface area contributed by atoms with Crippen molar-refractivity contribution in [2.75, 3.05) is 0 Å². The molecule has 10 nitrogen and oxygen atoms in total. The van der Waals surface area contributed by atoms with Crippen LogP contribution in [0.25, 0.3) is 22.1 Å². The lowest BCUT2D eigenvalue weighted by atomic mass is 10.1. The summed E-state index contributed by atoms with van der Waals surface area (Å²) in [4.78, 5) is 18.2. The van der Waals surface area contributed by atoms with Crippen molar-refractivity contribution < 1.29 is 26.7 Å². The van der Waals surface area contributed by atoms with Crippen molar-refractivity contribution in [1.29, 1.82) is 0 Å². The largest absolute Gasteiger partial charge is 0.387 e. The molecule has 0 saturated heterocycles. The van der Waals surface area contributed by atoms with Crippen LogP contribution in [0.5, 0.6) is 0 Å². The summed E-state index contributed by atoms with van der Waals surface area (Å²) in [7, 11) is -7.67. The lowest BCUT2D eigenvalue weighted by Gasteiger charge is -2.15. The third-order valence-electron chi connectivity index (χ3n) is 7.77. The van der Waals surface area contributed by atoms with E-state index in [0.717, 1.165) is 27.8 Å². The highest BCUT2D eigenvalue weighted by Crippen LogP contribution is 2.37. The molecule has 2 aromatic carbocycles. The minimum absolute atomic E-state index is 0. The zero-order valence-electron chi connectivity index (χ0n) is 28.9. The maximum atomic E-state index is 13.3. The van der Waals surface area contributed by atoms with Gasteiger partial charge in [0, 0.05) is 29.6 Å². The summed E-state index contributed by atoms with van der Waals surface area (Å²) in [5, 5.41) is 12.4. The Hall–Kier alpha value is -2.38. The van der Waals surface area contributed by atoms with Gasteiger partial charge in [0.1, 0.15) is 6.29 Å². The average Bonchev–Trinajstić information content (AvgIpc) is 3.69. The van der Waals surface area contributed by atoms with E-state index in [2.05, 4.69) is 41.8 Å². The summed E-state index contributed by atoms with van der Waals surface area (Å²) >= 11 is 21.1. The smallest absolute Gasteiger partial charge is 0.270 e. The quantitative estimate of drug-likeness (QED) is 0.111. The molecule has 0 saturated carbocycles. The van der Waals surface area contributed by atoms with Crippen LogP contribution in [0.4, 0.5) is 0 Å². The lowest BCUT2D eigenvalue weighted by Crippen LogP contribution is -2.18. The number of rotatable bonds is 9. The van der Waals surface area contributed by atoms with Crippen molar-refractivity contribution in [1.82, 2.24) is 17.9 Å². The first-order valence-corrected chi connectivity index (χ1v) is 22.4. The van der Waals surface area contributed by atoms with Crippen LogP contribution >= 0.6 is 77.7 Å². The first-order valence-electron chi connectivity index (χ1n) is 16.1. The van der Waals surface area contributed by atoms with Gasteiger partial charge in [-0.3, -0.25) is 0 Å². The number of aromatic nitrogens is 4. The standard InChI is InChI=1S/C18H18BrClN2O3S.C14H9BrClIN2O2S.C4H8O.CH4/c1-3-4-16(23)15-9-13-17(20)14(19)10-21-18(13)22(15)26(24,25)12-7-5-11(2)6-8-12;1-8-2-4-9(5-3-8)22(20,21)19-12(17)6-10-13(16)11(15)7-18-14(10)19;1-2-3-4-5;/h5-10,16,23H,3-4H2,1-2H3;2-7H,1H3;4H,2-3H2,1H3;1H4. The molecule has 0 bridgehead atoms. The highest BCUT2D eigenvalue weighted by Gasteiger charge is 2.28. The highest BCUT2D eigenvalue weighted by atomic mass is 127. The Balaban J connectivity index is 0.000000256. The molecule has 6 rings (SSSR count). The van der Waals surface area contributed by atoms with E-state index < -0.39 is 26.2 Å². The molecule has 1 unspecified atom stereocenters. The van der Waals surface area contributed by atoms with Gasteiger partial charge in [-0.2, -0.15) is 0 Å². The van der Waals surface area contributed by atoms with E-state index in [9.17, 15) is 26.7 Å². The second-order valence-corrected chi connectivity index (χ2v) is 18.9. The first kappa shape index (κ1) is 46.0. The number of aldehydes is 1. The summed E-state index contributed by atoms with van der Waals surface area (Å²) in [5.74, 6) is 0. The number of fused-ring (bicyclic) bond motifs is 2. The monoisotopic (exact) mass is 1050 g/mol. The van der Waals surface area contributed by atoms with Crippen LogP contribution in [0.1, 0.15) is 69.9 Å². The second-order valence-electron chi connectivity index (χ2n) is 11.8. The van der Waals surface area contributed by atoms with Gasteiger partial charge in [0.15, 0.2) is 11.3 Å². The van der Waals surface area contributed by atoms with E-state index in [1.54, 1.807) is 60.7 Å². The molecule has 17 heteroatoms. The Labute approximate surface area is 356 Å². The minimum Gasteiger partial charge on any atom is -0.387 e. The van der Waals surface area contributed by atoms with Crippen LogP contribution in [-0.4, -0.2) is 46.1 Å². The van der Waals surface area contributed by atoms with E-state index in [1.807, 2.05) is 50.3 Å². The Morgan fingerprint density at radius 2 is 1.20 bits per heavy atom. The number of aliphatic hydroxyl groups is 1. The SMILES string of the molecule is C.CCCC(O)c1cc2c(Cl)c(Br)cnc2n1S(=O)(=O)c1ccc(C)cc1.CCCC=O.Cc1ccc(S(=O)(=O)n2c(I)cc3c(Cl)c(Br)cnc32)cc1. The Kier molecular flexibility index (Phi) is 16.7. The van der Waals surface area contributed by atoms with Crippen molar-refractivity contribution >= 4 is 126 Å². The van der Waals surface area contributed by atoms with Gasteiger partial charge in [-0.05, 0) is 118 Å². The number of unbranched alkanes of at least 4 members (excludes halogenated alkanes) is 1. The zero-order chi connectivity index (χ0) is 39.2. The van der Waals surface area contributed by atoms with Gasteiger partial charge >= 0.3 is 0 Å². The number of benzene rings is 2. The van der Waals surface area contributed by atoms with E-state index in [0.29, 0.717) is 58.4 Å². The van der Waals surface area contributed by atoms with Crippen molar-refractivity contribution in [2.45, 2.75) is 76.7 Å². The molecule has 0 aliphatic rings. The van der Waals surface area contributed by atoms with Crippen LogP contribution in [0.15, 0.2) is 91.8 Å². The Morgan fingerprint density at radius 1 is 0.778 bits per heavy atom. The molecule has 4 heterocycles. The van der Waals surface area contributed by atoms with E-state index in [4.69, 9.17) is 23.2 Å². The summed E-state index contributed by atoms with van der Waals surface area (Å²) in [6, 6.07) is 16.6. The molecule has 1 N–H and O–H groups in total. The zero-order valence-corrected chi connectivity index (χ0v) is 37.4. The van der Waals surface area contributed by atoms with Crippen LogP contribution < -0.4 is 0 Å². The Bertz CT molecular complexity index is 2480. The maximum absolute atomic E-state index is 13.3. The number of pyridine rings is 2. The molecule has 0 radical (unpaired) electrons. The predicted octanol–water partition coefficient (Wildman–Crippen LogP) is 11.1. The molecule has 1 atom stereocenters. The molecule has 0 aliphatic carbocycles. The average molecular weight is 1060 g/mol. The van der Waals surface area contributed by atoms with Crippen LogP contribution in [0.2, 0.25) is 10.0 Å². The number of carbonyl (C=O) groups is 1. The van der Waals surface area contributed by atoms with Crippen LogP contribution in [-0.2, 0) is 24.8 Å². The number of hydrogen-bond acceptors (Lipinski definition) is 8. The molecule has 6 aromatic rings. The van der Waals surface area contributed by atoms with Gasteiger partial charge in [-0.15, -0.1) is 0 Å². The van der Waals surface area contributed by atoms with Gasteiger partial charge in [0.2, 0.25) is 0 Å². The highest BCUT2D eigenvalue weighted by molar-refractivity contribution is 14.1. The first-order chi connectivity index (χ1) is 25.0. The number of carbonyl (C=O) groups excluding carboxylic acids is 1. The number of hydrogen-bond donors (Lipinski definition) is 1. The van der Waals surface area contributed by atoms with E-state index >= 15 is 0 Å². The number of aliphatic hydroxyl groups excluding tert-OH is 1. The molecule has 0 spiro atoms. The van der Waals surface area contributed by atoms with Crippen LogP contribution in [0, 0.1) is 17.5 Å². The topological polar surface area (TPSA) is 141 Å². The van der Waals surface area contributed by atoms with Crippen molar-refractivity contribution in [2.24, 2.45) is 0 Å². The van der Waals surface area contributed by atoms with Gasteiger partial charge in [0.05, 0.1) is 44.3 Å². The van der Waals surface area contributed by atoms with Gasteiger partial charge in [-0.1, -0.05) is 86.3 Å².